The van der Waals surface area contributed by atoms with Gasteiger partial charge in [-0.1, -0.05) is 0 Å². The van der Waals surface area contributed by atoms with E-state index in [0.717, 1.165) is 60.2 Å². The Morgan fingerprint density at radius 1 is 0.556 bits per heavy atom. The van der Waals surface area contributed by atoms with Crippen molar-refractivity contribution in [3.8, 4) is 11.5 Å². The van der Waals surface area contributed by atoms with Gasteiger partial charge in [0.2, 0.25) is 0 Å². The Morgan fingerprint density at radius 2 is 0.889 bits per heavy atom. The number of epoxide rings is 2. The molecule has 2 saturated heterocycles. The van der Waals surface area contributed by atoms with Crippen molar-refractivity contribution in [1.29, 1.82) is 0 Å². The maximum Gasteiger partial charge on any atom is 0.126 e. The Kier molecular flexibility index (Phi) is 4.60. The van der Waals surface area contributed by atoms with E-state index in [0.29, 0.717) is 24.0 Å². The van der Waals surface area contributed by atoms with E-state index < -0.39 is 0 Å². The number of ether oxygens (including phenoxy) is 4. The topological polar surface area (TPSA) is 43.5 Å². The van der Waals surface area contributed by atoms with Crippen LogP contribution in [0, 0.1) is 35.5 Å². The average molecular weight is 491 g/mol. The van der Waals surface area contributed by atoms with Crippen LogP contribution in [0.5, 0.6) is 11.5 Å². The molecule has 0 unspecified atom stereocenters. The van der Waals surface area contributed by atoms with E-state index in [1.165, 1.54) is 77.0 Å². The second-order valence-corrected chi connectivity index (χ2v) is 14.8. The zero-order chi connectivity index (χ0) is 23.5. The lowest BCUT2D eigenvalue weighted by Gasteiger charge is -2.58. The molecule has 4 heteroatoms. The Bertz CT molecular complexity index is 903. The van der Waals surface area contributed by atoms with Gasteiger partial charge in [0.25, 0.3) is 0 Å². The summed E-state index contributed by atoms with van der Waals surface area (Å²) in [4.78, 5) is 0. The van der Waals surface area contributed by atoms with Crippen LogP contribution in [0.4, 0.5) is 0 Å². The molecule has 0 N–H and O–H groups in total. The van der Waals surface area contributed by atoms with Gasteiger partial charge in [0.05, 0.1) is 13.2 Å². The van der Waals surface area contributed by atoms with Crippen LogP contribution in [0.25, 0.3) is 0 Å². The number of benzene rings is 1. The summed E-state index contributed by atoms with van der Waals surface area (Å²) in [7, 11) is 0. The highest BCUT2D eigenvalue weighted by Gasteiger charge is 2.55. The average Bonchev–Trinajstić information content (AvgIpc) is 3.75. The molecule has 2 aliphatic heterocycles. The molecule has 10 aliphatic rings. The lowest BCUT2D eigenvalue weighted by molar-refractivity contribution is -0.00999. The highest BCUT2D eigenvalue weighted by atomic mass is 16.6. The molecule has 0 amide bonds. The van der Waals surface area contributed by atoms with Crippen LogP contribution in [0.2, 0.25) is 0 Å². The molecule has 194 valence electrons. The fourth-order valence-corrected chi connectivity index (χ4v) is 11.2. The smallest absolute Gasteiger partial charge is 0.126 e. The number of hydrogen-bond acceptors (Lipinski definition) is 4. The van der Waals surface area contributed by atoms with Crippen LogP contribution < -0.4 is 9.47 Å². The van der Waals surface area contributed by atoms with E-state index in [2.05, 4.69) is 12.1 Å². The van der Waals surface area contributed by atoms with Gasteiger partial charge in [-0.3, -0.25) is 0 Å². The summed E-state index contributed by atoms with van der Waals surface area (Å²) < 4.78 is 24.4. The summed E-state index contributed by atoms with van der Waals surface area (Å²) in [6.07, 6.45) is 17.7. The predicted molar refractivity (Wildman–Crippen MR) is 137 cm³/mol. The van der Waals surface area contributed by atoms with Crippen LogP contribution in [0.1, 0.15) is 88.2 Å². The molecule has 8 bridgehead atoms. The summed E-state index contributed by atoms with van der Waals surface area (Å²) in [5.41, 5.74) is 3.76. The van der Waals surface area contributed by atoms with Gasteiger partial charge in [-0.15, -0.1) is 0 Å². The molecule has 1 aromatic carbocycles. The van der Waals surface area contributed by atoms with Crippen molar-refractivity contribution in [2.75, 3.05) is 26.4 Å². The van der Waals surface area contributed by atoms with Crippen molar-refractivity contribution in [2.45, 2.75) is 100 Å². The lowest BCUT2D eigenvalue weighted by atomic mass is 9.46. The number of rotatable bonds is 8. The summed E-state index contributed by atoms with van der Waals surface area (Å²) in [6.45, 7) is 3.06. The molecular weight excluding hydrogens is 448 g/mol. The predicted octanol–water partition coefficient (Wildman–Crippen LogP) is 6.18. The van der Waals surface area contributed by atoms with Crippen molar-refractivity contribution >= 4 is 0 Å². The van der Waals surface area contributed by atoms with Crippen molar-refractivity contribution in [3.05, 3.63) is 23.3 Å². The van der Waals surface area contributed by atoms with E-state index in [1.807, 2.05) is 0 Å². The minimum atomic E-state index is 0.279. The van der Waals surface area contributed by atoms with Crippen LogP contribution in [0.3, 0.4) is 0 Å². The Labute approximate surface area is 215 Å². The first-order valence-corrected chi connectivity index (χ1v) is 15.3. The SMILES string of the molecule is c1c(OC[C@@H]2CO2)c(C23CC4CC(CC(C4)C2)C3)cc(C23CC4CC(CC(C4)C2)C3)c1OC[C@@H]1CO1. The van der Waals surface area contributed by atoms with Crippen LogP contribution in [-0.2, 0) is 20.3 Å². The molecule has 4 nitrogen and oxygen atoms in total. The minimum absolute atomic E-state index is 0.279. The van der Waals surface area contributed by atoms with Gasteiger partial charge in [0, 0.05) is 17.2 Å². The second kappa shape index (κ2) is 7.65. The molecule has 8 saturated carbocycles. The Morgan fingerprint density at radius 3 is 1.19 bits per heavy atom. The van der Waals surface area contributed by atoms with E-state index in [-0.39, 0.29) is 12.2 Å². The van der Waals surface area contributed by atoms with Crippen LogP contribution >= 0.6 is 0 Å². The quantitative estimate of drug-likeness (QED) is 0.408. The van der Waals surface area contributed by atoms with Crippen molar-refractivity contribution in [2.24, 2.45) is 35.5 Å². The summed E-state index contributed by atoms with van der Waals surface area (Å²) in [5.74, 6) is 7.83. The van der Waals surface area contributed by atoms with Gasteiger partial charge in [-0.05, 0) is 129 Å². The largest absolute Gasteiger partial charge is 0.490 e. The molecule has 8 aliphatic carbocycles. The molecule has 10 fully saturated rings. The highest BCUT2D eigenvalue weighted by molar-refractivity contribution is 5.54. The normalized spacial score (nSPS) is 48.9. The third-order valence-electron chi connectivity index (χ3n) is 12.0. The molecule has 0 spiro atoms. The van der Waals surface area contributed by atoms with Gasteiger partial charge < -0.3 is 18.9 Å². The van der Waals surface area contributed by atoms with E-state index in [9.17, 15) is 0 Å². The van der Waals surface area contributed by atoms with Crippen LogP contribution in [-0.4, -0.2) is 38.6 Å². The summed E-state index contributed by atoms with van der Waals surface area (Å²) in [6, 6.07) is 5.04. The first-order chi connectivity index (χ1) is 17.6. The summed E-state index contributed by atoms with van der Waals surface area (Å²) in [5, 5.41) is 0. The van der Waals surface area contributed by atoms with Gasteiger partial charge in [0.15, 0.2) is 0 Å². The molecule has 2 atom stereocenters. The minimum Gasteiger partial charge on any atom is -0.490 e. The second-order valence-electron chi connectivity index (χ2n) is 14.8. The van der Waals surface area contributed by atoms with Crippen molar-refractivity contribution in [3.63, 3.8) is 0 Å². The lowest BCUT2D eigenvalue weighted by Crippen LogP contribution is -2.50. The monoisotopic (exact) mass is 490 g/mol. The summed E-state index contributed by atoms with van der Waals surface area (Å²) >= 11 is 0. The molecule has 11 rings (SSSR count). The number of hydrogen-bond donors (Lipinski definition) is 0. The first-order valence-electron chi connectivity index (χ1n) is 15.3. The molecule has 1 aromatic rings. The molecule has 0 aromatic heterocycles. The fourth-order valence-electron chi connectivity index (χ4n) is 11.2. The molecule has 0 radical (unpaired) electrons. The molecule has 36 heavy (non-hydrogen) atoms. The first kappa shape index (κ1) is 21.6. The zero-order valence-electron chi connectivity index (χ0n) is 21.7. The van der Waals surface area contributed by atoms with Gasteiger partial charge in [0.1, 0.15) is 36.9 Å². The van der Waals surface area contributed by atoms with Crippen molar-refractivity contribution < 1.29 is 18.9 Å². The maximum atomic E-state index is 6.65. The maximum absolute atomic E-state index is 6.65. The van der Waals surface area contributed by atoms with E-state index >= 15 is 0 Å². The van der Waals surface area contributed by atoms with E-state index in [4.69, 9.17) is 18.9 Å². The fraction of sp³-hybridized carbons (Fsp3) is 0.812. The van der Waals surface area contributed by atoms with Gasteiger partial charge in [-0.2, -0.15) is 0 Å². The van der Waals surface area contributed by atoms with Crippen LogP contribution in [0.15, 0.2) is 12.1 Å². The highest BCUT2D eigenvalue weighted by Crippen LogP contribution is 2.65. The third kappa shape index (κ3) is 3.52. The van der Waals surface area contributed by atoms with Crippen molar-refractivity contribution in [1.82, 2.24) is 0 Å². The Hall–Kier alpha value is -1.26. The van der Waals surface area contributed by atoms with Gasteiger partial charge in [-0.25, -0.2) is 0 Å². The van der Waals surface area contributed by atoms with Gasteiger partial charge >= 0.3 is 0 Å². The zero-order valence-corrected chi connectivity index (χ0v) is 21.7. The Balaban J connectivity index is 1.17. The third-order valence-corrected chi connectivity index (χ3v) is 12.0. The molecule has 2 heterocycles. The molecular formula is C32H42O4. The standard InChI is InChI=1S/C32H42O4/c1-19-2-21-3-20(1)10-31(9-19,11-21)27-7-28(32-12-22-4-23(13-32)6-24(5-22)14-32)30(36-18-26-16-34-26)8-29(27)35-17-25-15-33-25/h7-8,19-26H,1-6,9-18H2/t19?,20?,21?,22?,23?,24?,25-,26-,31?,32?/m0/s1. The van der Waals surface area contributed by atoms with E-state index in [1.54, 1.807) is 11.1 Å².